The van der Waals surface area contributed by atoms with Gasteiger partial charge in [0.05, 0.1) is 27.8 Å². The third-order valence-electron chi connectivity index (χ3n) is 3.88. The minimum Gasteiger partial charge on any atom is -0.493 e. The van der Waals surface area contributed by atoms with Gasteiger partial charge in [0, 0.05) is 0 Å². The summed E-state index contributed by atoms with van der Waals surface area (Å²) in [6, 6.07) is 2.92. The standard InChI is InChI=1S/C17H23NO6/c1-21-13-8-11(9-14(22-2)16(13)23-3)10-15(19)24-17(20)12-6-4-5-7-18-12/h8-9,12,18H,4-7,10H2,1-3H3/t12-/m0/s1. The van der Waals surface area contributed by atoms with Gasteiger partial charge >= 0.3 is 11.9 Å². The Kier molecular flexibility index (Phi) is 6.43. The van der Waals surface area contributed by atoms with Crippen molar-refractivity contribution < 1.29 is 28.5 Å². The summed E-state index contributed by atoms with van der Waals surface area (Å²) in [6.45, 7) is 0.765. The summed E-state index contributed by atoms with van der Waals surface area (Å²) in [5.74, 6) is 0.202. The van der Waals surface area contributed by atoms with Crippen molar-refractivity contribution in [2.45, 2.75) is 31.7 Å². The van der Waals surface area contributed by atoms with Crippen LogP contribution in [0.2, 0.25) is 0 Å². The number of carbonyl (C=O) groups excluding carboxylic acids is 2. The Morgan fingerprint density at radius 3 is 2.25 bits per heavy atom. The van der Waals surface area contributed by atoms with E-state index < -0.39 is 18.0 Å². The van der Waals surface area contributed by atoms with Crippen LogP contribution < -0.4 is 19.5 Å². The van der Waals surface area contributed by atoms with Gasteiger partial charge < -0.3 is 24.3 Å². The summed E-state index contributed by atoms with van der Waals surface area (Å²) in [5.41, 5.74) is 0.610. The summed E-state index contributed by atoms with van der Waals surface area (Å²) in [6.07, 6.45) is 2.61. The molecule has 1 N–H and O–H groups in total. The van der Waals surface area contributed by atoms with Gasteiger partial charge in [0.1, 0.15) is 6.04 Å². The Bertz CT molecular complexity index is 570. The first kappa shape index (κ1) is 18.1. The number of esters is 2. The Morgan fingerprint density at radius 1 is 1.08 bits per heavy atom. The number of rotatable bonds is 6. The predicted octanol–water partition coefficient (Wildman–Crippen LogP) is 1.47. The van der Waals surface area contributed by atoms with Crippen LogP contribution in [0, 0.1) is 0 Å². The number of piperidine rings is 1. The van der Waals surface area contributed by atoms with Gasteiger partial charge in [-0.1, -0.05) is 6.42 Å². The average molecular weight is 337 g/mol. The van der Waals surface area contributed by atoms with Crippen molar-refractivity contribution in [2.75, 3.05) is 27.9 Å². The first-order valence-electron chi connectivity index (χ1n) is 7.85. The molecule has 0 aliphatic carbocycles. The van der Waals surface area contributed by atoms with Gasteiger partial charge in [0.15, 0.2) is 11.5 Å². The van der Waals surface area contributed by atoms with Crippen molar-refractivity contribution in [3.8, 4) is 17.2 Å². The first-order chi connectivity index (χ1) is 11.6. The first-order valence-corrected chi connectivity index (χ1v) is 7.85. The van der Waals surface area contributed by atoms with Crippen molar-refractivity contribution in [2.24, 2.45) is 0 Å². The van der Waals surface area contributed by atoms with Crippen LogP contribution in [0.3, 0.4) is 0 Å². The zero-order chi connectivity index (χ0) is 17.5. The van der Waals surface area contributed by atoms with E-state index in [-0.39, 0.29) is 6.42 Å². The van der Waals surface area contributed by atoms with Crippen molar-refractivity contribution in [3.63, 3.8) is 0 Å². The second kappa shape index (κ2) is 8.54. The van der Waals surface area contributed by atoms with Gasteiger partial charge in [-0.2, -0.15) is 0 Å². The second-order valence-electron chi connectivity index (χ2n) is 5.51. The van der Waals surface area contributed by atoms with E-state index in [9.17, 15) is 9.59 Å². The lowest BCUT2D eigenvalue weighted by atomic mass is 10.1. The van der Waals surface area contributed by atoms with Gasteiger partial charge in [0.2, 0.25) is 5.75 Å². The van der Waals surface area contributed by atoms with Crippen LogP contribution in [0.25, 0.3) is 0 Å². The number of nitrogens with one attached hydrogen (secondary N) is 1. The molecule has 1 aliphatic rings. The Hall–Kier alpha value is -2.28. The fourth-order valence-corrected chi connectivity index (χ4v) is 2.68. The molecule has 132 valence electrons. The highest BCUT2D eigenvalue weighted by atomic mass is 16.6. The number of ether oxygens (including phenoxy) is 4. The molecule has 24 heavy (non-hydrogen) atoms. The Labute approximate surface area is 141 Å². The molecular weight excluding hydrogens is 314 g/mol. The van der Waals surface area contributed by atoms with Crippen LogP contribution >= 0.6 is 0 Å². The minimum absolute atomic E-state index is 0.0603. The molecule has 1 heterocycles. The average Bonchev–Trinajstić information content (AvgIpc) is 2.61. The van der Waals surface area contributed by atoms with Gasteiger partial charge in [-0.15, -0.1) is 0 Å². The Balaban J connectivity index is 2.04. The van der Waals surface area contributed by atoms with Crippen LogP contribution in [0.15, 0.2) is 12.1 Å². The van der Waals surface area contributed by atoms with Gasteiger partial charge in [0.25, 0.3) is 0 Å². The molecule has 1 saturated heterocycles. The largest absolute Gasteiger partial charge is 0.493 e. The van der Waals surface area contributed by atoms with Crippen LogP contribution in [-0.4, -0.2) is 45.9 Å². The maximum absolute atomic E-state index is 12.0. The van der Waals surface area contributed by atoms with E-state index in [0.717, 1.165) is 19.4 Å². The molecule has 0 unspecified atom stereocenters. The third-order valence-corrected chi connectivity index (χ3v) is 3.88. The van der Waals surface area contributed by atoms with E-state index in [0.29, 0.717) is 29.2 Å². The minimum atomic E-state index is -0.610. The summed E-state index contributed by atoms with van der Waals surface area (Å²) in [5, 5.41) is 3.06. The fourth-order valence-electron chi connectivity index (χ4n) is 2.68. The lowest BCUT2D eigenvalue weighted by Crippen LogP contribution is -2.42. The lowest BCUT2D eigenvalue weighted by molar-refractivity contribution is -0.161. The highest BCUT2D eigenvalue weighted by Crippen LogP contribution is 2.38. The molecule has 7 nitrogen and oxygen atoms in total. The van der Waals surface area contributed by atoms with E-state index in [2.05, 4.69) is 5.32 Å². The maximum atomic E-state index is 12.0. The quantitative estimate of drug-likeness (QED) is 0.621. The van der Waals surface area contributed by atoms with Gasteiger partial charge in [-0.25, -0.2) is 4.79 Å². The molecule has 0 aromatic heterocycles. The van der Waals surface area contributed by atoms with Crippen molar-refractivity contribution in [3.05, 3.63) is 17.7 Å². The van der Waals surface area contributed by atoms with Gasteiger partial charge in [-0.3, -0.25) is 4.79 Å². The molecule has 1 aromatic rings. The predicted molar refractivity (Wildman–Crippen MR) is 86.5 cm³/mol. The SMILES string of the molecule is COc1cc(CC(=O)OC(=O)[C@@H]2CCCCN2)cc(OC)c1OC. The smallest absolute Gasteiger partial charge is 0.330 e. The molecule has 0 saturated carbocycles. The monoisotopic (exact) mass is 337 g/mol. The number of carbonyl (C=O) groups is 2. The fraction of sp³-hybridized carbons (Fsp3) is 0.529. The molecule has 1 aliphatic heterocycles. The number of benzene rings is 1. The zero-order valence-corrected chi connectivity index (χ0v) is 14.2. The van der Waals surface area contributed by atoms with Crippen LogP contribution in [0.1, 0.15) is 24.8 Å². The molecule has 2 rings (SSSR count). The molecule has 0 spiro atoms. The lowest BCUT2D eigenvalue weighted by Gasteiger charge is -2.21. The molecule has 1 fully saturated rings. The highest BCUT2D eigenvalue weighted by Gasteiger charge is 2.24. The number of hydrogen-bond donors (Lipinski definition) is 1. The Morgan fingerprint density at radius 2 is 1.75 bits per heavy atom. The normalized spacial score (nSPS) is 17.0. The van der Waals surface area contributed by atoms with Crippen LogP contribution in [0.4, 0.5) is 0 Å². The van der Waals surface area contributed by atoms with Crippen molar-refractivity contribution in [1.82, 2.24) is 5.32 Å². The molecule has 1 aromatic carbocycles. The number of methoxy groups -OCH3 is 3. The van der Waals surface area contributed by atoms with E-state index in [1.165, 1.54) is 21.3 Å². The molecule has 1 atom stereocenters. The van der Waals surface area contributed by atoms with E-state index in [1.54, 1.807) is 12.1 Å². The zero-order valence-electron chi connectivity index (χ0n) is 14.2. The summed E-state index contributed by atoms with van der Waals surface area (Å²) < 4.78 is 20.7. The van der Waals surface area contributed by atoms with Crippen LogP contribution in [-0.2, 0) is 20.7 Å². The molecule has 7 heteroatoms. The van der Waals surface area contributed by atoms with E-state index in [4.69, 9.17) is 18.9 Å². The van der Waals surface area contributed by atoms with Crippen molar-refractivity contribution in [1.29, 1.82) is 0 Å². The summed E-state index contributed by atoms with van der Waals surface area (Å²) in [4.78, 5) is 24.0. The molecule has 0 bridgehead atoms. The molecule has 0 radical (unpaired) electrons. The van der Waals surface area contributed by atoms with E-state index in [1.807, 2.05) is 0 Å². The van der Waals surface area contributed by atoms with Gasteiger partial charge in [-0.05, 0) is 37.1 Å². The molecular formula is C17H23NO6. The van der Waals surface area contributed by atoms with Crippen molar-refractivity contribution >= 4 is 11.9 Å². The summed E-state index contributed by atoms with van der Waals surface area (Å²) in [7, 11) is 4.50. The number of hydrogen-bond acceptors (Lipinski definition) is 7. The summed E-state index contributed by atoms with van der Waals surface area (Å²) >= 11 is 0. The van der Waals surface area contributed by atoms with Crippen LogP contribution in [0.5, 0.6) is 17.2 Å². The maximum Gasteiger partial charge on any atom is 0.330 e. The highest BCUT2D eigenvalue weighted by molar-refractivity contribution is 5.89. The molecule has 0 amide bonds. The second-order valence-corrected chi connectivity index (χ2v) is 5.51. The third kappa shape index (κ3) is 4.38. The van der Waals surface area contributed by atoms with E-state index >= 15 is 0 Å². The topological polar surface area (TPSA) is 83.1 Å².